The van der Waals surface area contributed by atoms with E-state index in [2.05, 4.69) is 5.32 Å². The molecule has 1 aromatic rings. The Hall–Kier alpha value is -2.48. The zero-order valence-corrected chi connectivity index (χ0v) is 16.6. The van der Waals surface area contributed by atoms with Gasteiger partial charge in [0.25, 0.3) is 0 Å². The molecule has 7 nitrogen and oxygen atoms in total. The molecule has 0 aromatic heterocycles. The number of hydrogen-bond donors (Lipinski definition) is 2. The van der Waals surface area contributed by atoms with E-state index in [1.807, 2.05) is 0 Å². The van der Waals surface area contributed by atoms with Crippen LogP contribution in [0.25, 0.3) is 0 Å². The fraction of sp³-hybridized carbons (Fsp3) is 0.571. The van der Waals surface area contributed by atoms with Gasteiger partial charge in [0.15, 0.2) is 0 Å². The molecular formula is C21H27FN2O5. The minimum absolute atomic E-state index is 0.146. The van der Waals surface area contributed by atoms with E-state index in [1.54, 1.807) is 17.9 Å². The predicted molar refractivity (Wildman–Crippen MR) is 102 cm³/mol. The standard InChI is InChI=1S/C21H27FN2O5/c1-13(18(29-2)17-10-21(7-8-21)11-24(17)12-25)19(26)23-16(20(27)28)9-14-5-3-4-6-15(14)22/h3-6,12-13,16-18H,7-11H2,1-2H3,(H,23,26)(H,27,28). The van der Waals surface area contributed by atoms with Gasteiger partial charge in [-0.2, -0.15) is 0 Å². The van der Waals surface area contributed by atoms with E-state index >= 15 is 0 Å². The van der Waals surface area contributed by atoms with E-state index in [0.717, 1.165) is 25.7 Å². The Morgan fingerprint density at radius 2 is 2.10 bits per heavy atom. The minimum Gasteiger partial charge on any atom is -0.480 e. The molecule has 1 saturated carbocycles. The van der Waals surface area contributed by atoms with Crippen molar-refractivity contribution in [2.45, 2.75) is 50.8 Å². The number of hydrogen-bond acceptors (Lipinski definition) is 4. The summed E-state index contributed by atoms with van der Waals surface area (Å²) in [7, 11) is 1.49. The van der Waals surface area contributed by atoms with Crippen LogP contribution in [0.3, 0.4) is 0 Å². The second-order valence-corrected chi connectivity index (χ2v) is 8.23. The van der Waals surface area contributed by atoms with Crippen LogP contribution in [-0.2, 0) is 25.5 Å². The summed E-state index contributed by atoms with van der Waals surface area (Å²) in [6, 6.07) is 4.39. The lowest BCUT2D eigenvalue weighted by atomic mass is 9.91. The molecule has 3 rings (SSSR count). The number of carbonyl (C=O) groups excluding carboxylic acids is 2. The third-order valence-corrected chi connectivity index (χ3v) is 6.23. The Balaban J connectivity index is 1.69. The average Bonchev–Trinajstić information content (AvgIpc) is 3.35. The maximum Gasteiger partial charge on any atom is 0.326 e. The highest BCUT2D eigenvalue weighted by molar-refractivity contribution is 5.85. The molecule has 1 heterocycles. The fourth-order valence-electron chi connectivity index (χ4n) is 4.32. The van der Waals surface area contributed by atoms with Gasteiger partial charge in [-0.1, -0.05) is 25.1 Å². The Labute approximate surface area is 169 Å². The van der Waals surface area contributed by atoms with E-state index in [9.17, 15) is 23.9 Å². The SMILES string of the molecule is COC(C(C)C(=O)NC(Cc1ccccc1F)C(=O)O)C1CC2(CC2)CN1C=O. The Morgan fingerprint density at radius 3 is 2.66 bits per heavy atom. The van der Waals surface area contributed by atoms with Crippen molar-refractivity contribution in [3.05, 3.63) is 35.6 Å². The highest BCUT2D eigenvalue weighted by atomic mass is 19.1. The fourth-order valence-corrected chi connectivity index (χ4v) is 4.32. The number of methoxy groups -OCH3 is 1. The molecule has 2 fully saturated rings. The van der Waals surface area contributed by atoms with Crippen molar-refractivity contribution in [1.29, 1.82) is 0 Å². The Bertz CT molecular complexity index is 782. The average molecular weight is 406 g/mol. The summed E-state index contributed by atoms with van der Waals surface area (Å²) in [6.07, 6.45) is 2.99. The normalized spacial score (nSPS) is 22.7. The van der Waals surface area contributed by atoms with Gasteiger partial charge >= 0.3 is 5.97 Å². The number of halogens is 1. The summed E-state index contributed by atoms with van der Waals surface area (Å²) in [4.78, 5) is 37.6. The Morgan fingerprint density at radius 1 is 1.41 bits per heavy atom. The first-order valence-corrected chi connectivity index (χ1v) is 9.80. The van der Waals surface area contributed by atoms with E-state index in [4.69, 9.17) is 4.74 Å². The molecule has 2 N–H and O–H groups in total. The lowest BCUT2D eigenvalue weighted by Crippen LogP contribution is -2.51. The van der Waals surface area contributed by atoms with Gasteiger partial charge in [0, 0.05) is 20.1 Å². The van der Waals surface area contributed by atoms with Crippen LogP contribution in [0.1, 0.15) is 31.7 Å². The van der Waals surface area contributed by atoms with E-state index in [0.29, 0.717) is 6.54 Å². The number of rotatable bonds is 9. The highest BCUT2D eigenvalue weighted by Gasteiger charge is 2.54. The van der Waals surface area contributed by atoms with Gasteiger partial charge in [-0.05, 0) is 36.3 Å². The molecule has 0 radical (unpaired) electrons. The minimum atomic E-state index is -1.26. The molecule has 2 aliphatic rings. The van der Waals surface area contributed by atoms with Crippen molar-refractivity contribution >= 4 is 18.3 Å². The number of ether oxygens (including phenoxy) is 1. The van der Waals surface area contributed by atoms with Crippen LogP contribution in [0.5, 0.6) is 0 Å². The van der Waals surface area contributed by atoms with E-state index in [-0.39, 0.29) is 23.4 Å². The molecule has 1 aliphatic heterocycles. The second kappa shape index (κ2) is 8.49. The van der Waals surface area contributed by atoms with Crippen LogP contribution in [0.4, 0.5) is 4.39 Å². The summed E-state index contributed by atoms with van der Waals surface area (Å²) in [5.74, 6) is -2.93. The number of aliphatic carboxylic acids is 1. The molecule has 8 heteroatoms. The second-order valence-electron chi connectivity index (χ2n) is 8.23. The van der Waals surface area contributed by atoms with Crippen molar-refractivity contribution in [3.8, 4) is 0 Å². The summed E-state index contributed by atoms with van der Waals surface area (Å²) >= 11 is 0. The highest BCUT2D eigenvalue weighted by Crippen LogP contribution is 2.55. The van der Waals surface area contributed by atoms with Crippen molar-refractivity contribution in [1.82, 2.24) is 10.2 Å². The van der Waals surface area contributed by atoms with E-state index < -0.39 is 35.8 Å². The molecule has 4 atom stereocenters. The lowest BCUT2D eigenvalue weighted by molar-refractivity contribution is -0.144. The van der Waals surface area contributed by atoms with Crippen LogP contribution in [0, 0.1) is 17.2 Å². The Kier molecular flexibility index (Phi) is 6.21. The first kappa shape index (κ1) is 21.2. The monoisotopic (exact) mass is 406 g/mol. The van der Waals surface area contributed by atoms with Crippen molar-refractivity contribution in [2.24, 2.45) is 11.3 Å². The number of carboxylic acids is 1. The lowest BCUT2D eigenvalue weighted by Gasteiger charge is -2.32. The number of likely N-dealkylation sites (tertiary alicyclic amines) is 1. The van der Waals surface area contributed by atoms with Gasteiger partial charge in [0.05, 0.1) is 18.1 Å². The number of nitrogens with zero attached hydrogens (tertiary/aromatic N) is 1. The first-order chi connectivity index (χ1) is 13.8. The maximum atomic E-state index is 13.9. The van der Waals surface area contributed by atoms with Gasteiger partial charge in [-0.3, -0.25) is 9.59 Å². The molecule has 1 aromatic carbocycles. The van der Waals surface area contributed by atoms with Gasteiger partial charge in [-0.15, -0.1) is 0 Å². The maximum absolute atomic E-state index is 13.9. The summed E-state index contributed by atoms with van der Waals surface area (Å²) in [5.41, 5.74) is 0.363. The third kappa shape index (κ3) is 4.58. The smallest absolute Gasteiger partial charge is 0.326 e. The molecule has 4 unspecified atom stereocenters. The van der Waals surface area contributed by atoms with Crippen LogP contribution in [-0.4, -0.2) is 60.1 Å². The summed E-state index contributed by atoms with van der Waals surface area (Å²) in [6.45, 7) is 2.33. The van der Waals surface area contributed by atoms with Gasteiger partial charge in [-0.25, -0.2) is 9.18 Å². The number of carboxylic acid groups (broad SMARTS) is 1. The summed E-state index contributed by atoms with van der Waals surface area (Å²) in [5, 5.41) is 12.0. The molecule has 1 spiro atoms. The van der Waals surface area contributed by atoms with Gasteiger partial charge < -0.3 is 20.1 Å². The number of carbonyl (C=O) groups is 3. The topological polar surface area (TPSA) is 95.9 Å². The quantitative estimate of drug-likeness (QED) is 0.608. The zero-order valence-electron chi connectivity index (χ0n) is 16.6. The molecule has 158 valence electrons. The molecule has 2 amide bonds. The van der Waals surface area contributed by atoms with Crippen LogP contribution >= 0.6 is 0 Å². The first-order valence-electron chi connectivity index (χ1n) is 9.80. The number of benzene rings is 1. The number of nitrogens with one attached hydrogen (secondary N) is 1. The van der Waals surface area contributed by atoms with Crippen LogP contribution in [0.15, 0.2) is 24.3 Å². The third-order valence-electron chi connectivity index (χ3n) is 6.23. The van der Waals surface area contributed by atoms with Crippen LogP contribution in [0.2, 0.25) is 0 Å². The molecule has 1 aliphatic carbocycles. The largest absolute Gasteiger partial charge is 0.480 e. The zero-order chi connectivity index (χ0) is 21.2. The summed E-state index contributed by atoms with van der Waals surface area (Å²) < 4.78 is 19.5. The number of amides is 2. The van der Waals surface area contributed by atoms with E-state index in [1.165, 1.54) is 25.3 Å². The molecule has 29 heavy (non-hydrogen) atoms. The van der Waals surface area contributed by atoms with Gasteiger partial charge in [0.1, 0.15) is 11.9 Å². The van der Waals surface area contributed by atoms with Crippen molar-refractivity contribution in [3.63, 3.8) is 0 Å². The van der Waals surface area contributed by atoms with Crippen LogP contribution < -0.4 is 5.32 Å². The predicted octanol–water partition coefficient (Wildman–Crippen LogP) is 1.60. The molecule has 0 bridgehead atoms. The molecule has 1 saturated heterocycles. The van der Waals surface area contributed by atoms with Gasteiger partial charge in [0.2, 0.25) is 12.3 Å². The molecular weight excluding hydrogens is 379 g/mol. The van der Waals surface area contributed by atoms with Crippen molar-refractivity contribution < 1.29 is 28.6 Å². The van der Waals surface area contributed by atoms with Crippen molar-refractivity contribution in [2.75, 3.05) is 13.7 Å².